The number of aromatic nitrogens is 3. The zero-order chi connectivity index (χ0) is 20.8. The maximum absolute atomic E-state index is 12.5. The summed E-state index contributed by atoms with van der Waals surface area (Å²) in [6.45, 7) is 0. The number of carbonyl (C=O) groups excluding carboxylic acids is 1. The summed E-state index contributed by atoms with van der Waals surface area (Å²) in [6, 6.07) is 21.7. The summed E-state index contributed by atoms with van der Waals surface area (Å²) in [4.78, 5) is 25.6. The summed E-state index contributed by atoms with van der Waals surface area (Å²) in [7, 11) is 1.59. The van der Waals surface area contributed by atoms with E-state index in [9.17, 15) is 4.79 Å². The highest BCUT2D eigenvalue weighted by Gasteiger charge is 2.08. The molecule has 0 bridgehead atoms. The Morgan fingerprint density at radius 1 is 0.833 bits per heavy atom. The third-order valence-electron chi connectivity index (χ3n) is 4.31. The number of carbonyl (C=O) groups is 1. The SMILES string of the molecule is COc1ccc(C(=O)Nc2cccc(Nc3nccc(-c4ccccn4)n3)c2)cc1. The Labute approximate surface area is 173 Å². The monoisotopic (exact) mass is 397 g/mol. The number of hydrogen-bond acceptors (Lipinski definition) is 6. The Morgan fingerprint density at radius 2 is 1.67 bits per heavy atom. The highest BCUT2D eigenvalue weighted by Crippen LogP contribution is 2.21. The van der Waals surface area contributed by atoms with Crippen LogP contribution in [0, 0.1) is 0 Å². The number of ether oxygens (including phenoxy) is 1. The average molecular weight is 397 g/mol. The zero-order valence-electron chi connectivity index (χ0n) is 16.2. The largest absolute Gasteiger partial charge is 0.497 e. The Morgan fingerprint density at radius 3 is 2.43 bits per heavy atom. The number of amides is 1. The predicted octanol–water partition coefficient (Wildman–Crippen LogP) is 4.54. The maximum Gasteiger partial charge on any atom is 0.255 e. The molecule has 30 heavy (non-hydrogen) atoms. The van der Waals surface area contributed by atoms with Gasteiger partial charge in [0.1, 0.15) is 5.75 Å². The van der Waals surface area contributed by atoms with Crippen molar-refractivity contribution >= 4 is 23.2 Å². The van der Waals surface area contributed by atoms with E-state index in [2.05, 4.69) is 25.6 Å². The van der Waals surface area contributed by atoms with Gasteiger partial charge >= 0.3 is 0 Å². The number of nitrogens with one attached hydrogen (secondary N) is 2. The van der Waals surface area contributed by atoms with Gasteiger partial charge in [-0.1, -0.05) is 12.1 Å². The number of benzene rings is 2. The molecule has 2 N–H and O–H groups in total. The Balaban J connectivity index is 1.48. The van der Waals surface area contributed by atoms with E-state index < -0.39 is 0 Å². The third-order valence-corrected chi connectivity index (χ3v) is 4.31. The first-order valence-electron chi connectivity index (χ1n) is 9.28. The topological polar surface area (TPSA) is 89.0 Å². The molecule has 0 aliphatic carbocycles. The van der Waals surface area contributed by atoms with E-state index in [0.29, 0.717) is 22.9 Å². The summed E-state index contributed by atoms with van der Waals surface area (Å²) in [5.74, 6) is 0.936. The smallest absolute Gasteiger partial charge is 0.255 e. The van der Waals surface area contributed by atoms with Crippen LogP contribution in [-0.2, 0) is 0 Å². The summed E-state index contributed by atoms with van der Waals surface area (Å²) < 4.78 is 5.12. The lowest BCUT2D eigenvalue weighted by atomic mass is 10.2. The average Bonchev–Trinajstić information content (AvgIpc) is 2.80. The van der Waals surface area contributed by atoms with Gasteiger partial charge < -0.3 is 15.4 Å². The first-order chi connectivity index (χ1) is 14.7. The molecule has 0 atom stereocenters. The van der Waals surface area contributed by atoms with Crippen molar-refractivity contribution < 1.29 is 9.53 Å². The normalized spacial score (nSPS) is 10.3. The molecule has 148 valence electrons. The van der Waals surface area contributed by atoms with Crippen molar-refractivity contribution in [3.63, 3.8) is 0 Å². The number of methoxy groups -OCH3 is 1. The lowest BCUT2D eigenvalue weighted by Crippen LogP contribution is -2.11. The molecule has 0 fully saturated rings. The van der Waals surface area contributed by atoms with Crippen LogP contribution in [0.15, 0.2) is 85.2 Å². The predicted molar refractivity (Wildman–Crippen MR) is 116 cm³/mol. The number of rotatable bonds is 6. The van der Waals surface area contributed by atoms with Crippen LogP contribution >= 0.6 is 0 Å². The van der Waals surface area contributed by atoms with Crippen LogP contribution in [-0.4, -0.2) is 28.0 Å². The van der Waals surface area contributed by atoms with E-state index >= 15 is 0 Å². The molecular formula is C23H19N5O2. The van der Waals surface area contributed by atoms with Crippen molar-refractivity contribution in [2.45, 2.75) is 0 Å². The van der Waals surface area contributed by atoms with Crippen LogP contribution in [0.2, 0.25) is 0 Å². The maximum atomic E-state index is 12.5. The third kappa shape index (κ3) is 4.59. The Kier molecular flexibility index (Phi) is 5.61. The van der Waals surface area contributed by atoms with Crippen molar-refractivity contribution in [2.75, 3.05) is 17.7 Å². The van der Waals surface area contributed by atoms with Gasteiger partial charge in [-0.15, -0.1) is 0 Å². The molecule has 2 heterocycles. The lowest BCUT2D eigenvalue weighted by molar-refractivity contribution is 0.102. The molecule has 7 nitrogen and oxygen atoms in total. The minimum Gasteiger partial charge on any atom is -0.497 e. The summed E-state index contributed by atoms with van der Waals surface area (Å²) >= 11 is 0. The van der Waals surface area contributed by atoms with Crippen molar-refractivity contribution in [1.29, 1.82) is 0 Å². The molecule has 0 saturated heterocycles. The number of hydrogen-bond donors (Lipinski definition) is 2. The van der Waals surface area contributed by atoms with E-state index in [0.717, 1.165) is 17.1 Å². The first-order valence-corrected chi connectivity index (χ1v) is 9.28. The molecular weight excluding hydrogens is 378 g/mol. The summed E-state index contributed by atoms with van der Waals surface area (Å²) in [5, 5.41) is 6.05. The standard InChI is InChI=1S/C23H19N5O2/c1-30-19-10-8-16(9-11-19)22(29)26-17-5-4-6-18(15-17)27-23-25-14-12-21(28-23)20-7-2-3-13-24-20/h2-15H,1H3,(H,26,29)(H,25,27,28). The first kappa shape index (κ1) is 19.1. The van der Waals surface area contributed by atoms with Gasteiger partial charge in [-0.3, -0.25) is 9.78 Å². The molecule has 2 aromatic carbocycles. The van der Waals surface area contributed by atoms with Gasteiger partial charge in [0.15, 0.2) is 0 Å². The van der Waals surface area contributed by atoms with Crippen molar-refractivity contribution in [1.82, 2.24) is 15.0 Å². The fourth-order valence-corrected chi connectivity index (χ4v) is 2.83. The Bertz CT molecular complexity index is 1150. The molecule has 2 aromatic heterocycles. The van der Waals surface area contributed by atoms with Gasteiger partial charge in [0.2, 0.25) is 5.95 Å². The molecule has 0 aliphatic heterocycles. The second-order valence-corrected chi connectivity index (χ2v) is 6.37. The summed E-state index contributed by atoms with van der Waals surface area (Å²) in [6.07, 6.45) is 3.40. The van der Waals surface area contributed by atoms with Gasteiger partial charge in [-0.2, -0.15) is 0 Å². The fraction of sp³-hybridized carbons (Fsp3) is 0.0435. The van der Waals surface area contributed by atoms with Gasteiger partial charge in [-0.25, -0.2) is 9.97 Å². The van der Waals surface area contributed by atoms with Crippen molar-refractivity contribution in [3.8, 4) is 17.1 Å². The quantitative estimate of drug-likeness (QED) is 0.496. The van der Waals surface area contributed by atoms with Crippen LogP contribution in [0.3, 0.4) is 0 Å². The Hall–Kier alpha value is -4.26. The molecule has 1 amide bonds. The number of pyridine rings is 1. The van der Waals surface area contributed by atoms with E-state index in [1.807, 2.05) is 42.5 Å². The van der Waals surface area contributed by atoms with Gasteiger partial charge in [0.25, 0.3) is 5.91 Å². The molecule has 0 unspecified atom stereocenters. The molecule has 7 heteroatoms. The molecule has 4 aromatic rings. The number of anilines is 3. The number of nitrogens with zero attached hydrogens (tertiary/aromatic N) is 3. The van der Waals surface area contributed by atoms with Gasteiger partial charge in [0, 0.05) is 29.3 Å². The molecule has 0 radical (unpaired) electrons. The van der Waals surface area contributed by atoms with E-state index in [1.165, 1.54) is 0 Å². The van der Waals surface area contributed by atoms with Crippen LogP contribution in [0.4, 0.5) is 17.3 Å². The second kappa shape index (κ2) is 8.83. The van der Waals surface area contributed by atoms with Crippen molar-refractivity contribution in [2.24, 2.45) is 0 Å². The van der Waals surface area contributed by atoms with E-state index in [-0.39, 0.29) is 5.91 Å². The molecule has 0 saturated carbocycles. The van der Waals surface area contributed by atoms with Gasteiger partial charge in [0.05, 0.1) is 18.5 Å². The van der Waals surface area contributed by atoms with Crippen LogP contribution in [0.5, 0.6) is 5.75 Å². The van der Waals surface area contributed by atoms with Gasteiger partial charge in [-0.05, 0) is 60.7 Å². The summed E-state index contributed by atoms with van der Waals surface area (Å²) in [5.41, 5.74) is 3.43. The molecule has 0 aliphatic rings. The van der Waals surface area contributed by atoms with E-state index in [4.69, 9.17) is 4.74 Å². The highest BCUT2D eigenvalue weighted by molar-refractivity contribution is 6.04. The highest BCUT2D eigenvalue weighted by atomic mass is 16.5. The van der Waals surface area contributed by atoms with Crippen LogP contribution < -0.4 is 15.4 Å². The minimum absolute atomic E-state index is 0.205. The minimum atomic E-state index is -0.205. The van der Waals surface area contributed by atoms with Crippen LogP contribution in [0.1, 0.15) is 10.4 Å². The van der Waals surface area contributed by atoms with Crippen molar-refractivity contribution in [3.05, 3.63) is 90.8 Å². The van der Waals surface area contributed by atoms with E-state index in [1.54, 1.807) is 49.8 Å². The zero-order valence-corrected chi connectivity index (χ0v) is 16.2. The molecule has 0 spiro atoms. The molecule has 4 rings (SSSR count). The second-order valence-electron chi connectivity index (χ2n) is 6.37. The van der Waals surface area contributed by atoms with Crippen LogP contribution in [0.25, 0.3) is 11.4 Å². The fourth-order valence-electron chi connectivity index (χ4n) is 2.83. The lowest BCUT2D eigenvalue weighted by Gasteiger charge is -2.10.